The van der Waals surface area contributed by atoms with Gasteiger partial charge in [-0.15, -0.1) is 0 Å². The minimum absolute atomic E-state index is 0.350. The fourth-order valence-electron chi connectivity index (χ4n) is 2.45. The second kappa shape index (κ2) is 12.7. The molecule has 0 aliphatic rings. The predicted molar refractivity (Wildman–Crippen MR) is 100 cm³/mol. The number of ether oxygens (including phenoxy) is 1. The second-order valence-corrected chi connectivity index (χ2v) is 7.21. The molecule has 0 aromatic heterocycles. The lowest BCUT2D eigenvalue weighted by atomic mass is 9.98. The maximum absolute atomic E-state index is 5.93. The number of hydrogen-bond acceptors (Lipinski definition) is 1. The zero-order chi connectivity index (χ0) is 17.0. The van der Waals surface area contributed by atoms with Crippen LogP contribution in [0.3, 0.4) is 0 Å². The molecule has 0 aromatic rings. The van der Waals surface area contributed by atoms with Crippen LogP contribution in [0.15, 0.2) is 34.9 Å². The summed E-state index contributed by atoms with van der Waals surface area (Å²) in [6, 6.07) is 0. The molecule has 0 rings (SSSR count). The van der Waals surface area contributed by atoms with E-state index in [0.717, 1.165) is 31.8 Å². The first-order chi connectivity index (χ1) is 10.3. The molecule has 0 aromatic carbocycles. The van der Waals surface area contributed by atoms with Crippen LogP contribution in [0.5, 0.6) is 0 Å². The van der Waals surface area contributed by atoms with Crippen LogP contribution >= 0.6 is 0 Å². The summed E-state index contributed by atoms with van der Waals surface area (Å²) in [4.78, 5) is 0. The van der Waals surface area contributed by atoms with Crippen LogP contribution in [0, 0.1) is 5.92 Å². The highest BCUT2D eigenvalue weighted by Gasteiger charge is 2.08. The number of allylic oxidation sites excluding steroid dienone is 5. The monoisotopic (exact) mass is 306 g/mol. The van der Waals surface area contributed by atoms with Crippen molar-refractivity contribution in [3.05, 3.63) is 34.9 Å². The molecule has 1 heteroatoms. The van der Waals surface area contributed by atoms with Crippen molar-refractivity contribution in [2.45, 2.75) is 86.7 Å². The van der Waals surface area contributed by atoms with Gasteiger partial charge in [-0.25, -0.2) is 0 Å². The van der Waals surface area contributed by atoms with Crippen molar-refractivity contribution >= 4 is 0 Å². The van der Waals surface area contributed by atoms with Gasteiger partial charge in [0.15, 0.2) is 0 Å². The molecule has 0 N–H and O–H groups in total. The van der Waals surface area contributed by atoms with Gasteiger partial charge in [-0.2, -0.15) is 0 Å². The van der Waals surface area contributed by atoms with E-state index >= 15 is 0 Å². The lowest BCUT2D eigenvalue weighted by Crippen LogP contribution is -2.13. The van der Waals surface area contributed by atoms with Crippen molar-refractivity contribution in [2.75, 3.05) is 6.61 Å². The van der Waals surface area contributed by atoms with E-state index in [-0.39, 0.29) is 0 Å². The third-order valence-electron chi connectivity index (χ3n) is 3.85. The lowest BCUT2D eigenvalue weighted by Gasteiger charge is -2.17. The maximum atomic E-state index is 5.93. The first-order valence-electron chi connectivity index (χ1n) is 8.85. The normalized spacial score (nSPS) is 14.4. The standard InChI is InChI=1S/C21H38O/c1-17(2)10-8-12-19(5)14-15-22-21(7)16-20(6)13-9-11-18(3)4/h10-11,14,20-21H,8-9,12-13,15-16H2,1-7H3/b19-14-/t20-,21?/m1/s1. The molecule has 0 heterocycles. The average molecular weight is 307 g/mol. The third-order valence-corrected chi connectivity index (χ3v) is 3.85. The molecule has 0 aliphatic heterocycles. The zero-order valence-corrected chi connectivity index (χ0v) is 16.0. The first-order valence-corrected chi connectivity index (χ1v) is 8.85. The van der Waals surface area contributed by atoms with Crippen molar-refractivity contribution in [3.8, 4) is 0 Å². The van der Waals surface area contributed by atoms with Crippen LogP contribution in [-0.4, -0.2) is 12.7 Å². The highest BCUT2D eigenvalue weighted by Crippen LogP contribution is 2.16. The molecule has 128 valence electrons. The third kappa shape index (κ3) is 14.1. The molecule has 0 bridgehead atoms. The van der Waals surface area contributed by atoms with E-state index in [9.17, 15) is 0 Å². The fraction of sp³-hybridized carbons (Fsp3) is 0.714. The van der Waals surface area contributed by atoms with Crippen molar-refractivity contribution in [1.82, 2.24) is 0 Å². The van der Waals surface area contributed by atoms with E-state index < -0.39 is 0 Å². The largest absolute Gasteiger partial charge is 0.374 e. The number of rotatable bonds is 11. The van der Waals surface area contributed by atoms with Gasteiger partial charge < -0.3 is 4.74 Å². The van der Waals surface area contributed by atoms with Crippen molar-refractivity contribution < 1.29 is 4.74 Å². The molecule has 0 saturated heterocycles. The summed E-state index contributed by atoms with van der Waals surface area (Å²) >= 11 is 0. The minimum Gasteiger partial charge on any atom is -0.374 e. The Hall–Kier alpha value is -0.820. The Morgan fingerprint density at radius 3 is 2.05 bits per heavy atom. The minimum atomic E-state index is 0.350. The molecule has 0 aliphatic carbocycles. The van der Waals surface area contributed by atoms with Gasteiger partial charge in [0, 0.05) is 0 Å². The van der Waals surface area contributed by atoms with Gasteiger partial charge in [-0.05, 0) is 79.6 Å². The molecule has 2 atom stereocenters. The molecule has 0 fully saturated rings. The van der Waals surface area contributed by atoms with Gasteiger partial charge in [-0.1, -0.05) is 41.9 Å². The van der Waals surface area contributed by atoms with Gasteiger partial charge in [0.1, 0.15) is 0 Å². The van der Waals surface area contributed by atoms with Crippen LogP contribution in [0.25, 0.3) is 0 Å². The van der Waals surface area contributed by atoms with Crippen LogP contribution in [0.1, 0.15) is 80.6 Å². The van der Waals surface area contributed by atoms with E-state index in [4.69, 9.17) is 4.74 Å². The zero-order valence-electron chi connectivity index (χ0n) is 16.0. The summed E-state index contributed by atoms with van der Waals surface area (Å²) in [6.45, 7) is 16.1. The summed E-state index contributed by atoms with van der Waals surface area (Å²) in [6.07, 6.45) is 13.1. The Kier molecular flexibility index (Phi) is 12.2. The molecular formula is C21H38O. The van der Waals surface area contributed by atoms with Gasteiger partial charge >= 0.3 is 0 Å². The number of hydrogen-bond donors (Lipinski definition) is 0. The summed E-state index contributed by atoms with van der Waals surface area (Å²) in [7, 11) is 0. The van der Waals surface area contributed by atoms with E-state index in [1.807, 2.05) is 0 Å². The molecular weight excluding hydrogens is 268 g/mol. The topological polar surface area (TPSA) is 9.23 Å². The van der Waals surface area contributed by atoms with Gasteiger partial charge in [0.25, 0.3) is 0 Å². The van der Waals surface area contributed by atoms with Crippen LogP contribution in [-0.2, 0) is 4.74 Å². The van der Waals surface area contributed by atoms with Crippen LogP contribution < -0.4 is 0 Å². The summed E-state index contributed by atoms with van der Waals surface area (Å²) in [5, 5.41) is 0. The van der Waals surface area contributed by atoms with Gasteiger partial charge in [0.2, 0.25) is 0 Å². The predicted octanol–water partition coefficient (Wildman–Crippen LogP) is 6.86. The Bertz CT molecular complexity index is 365. The van der Waals surface area contributed by atoms with E-state index in [1.54, 1.807) is 0 Å². The summed E-state index contributed by atoms with van der Waals surface area (Å²) < 4.78 is 5.93. The van der Waals surface area contributed by atoms with Gasteiger partial charge in [0.05, 0.1) is 12.7 Å². The summed E-state index contributed by atoms with van der Waals surface area (Å²) in [5.41, 5.74) is 4.26. The van der Waals surface area contributed by atoms with E-state index in [1.165, 1.54) is 29.6 Å². The Balaban J connectivity index is 3.85. The SMILES string of the molecule is CC(C)=CCC/C(C)=C\COC(C)C[C@H](C)CCC=C(C)C. The molecule has 0 spiro atoms. The Morgan fingerprint density at radius 1 is 0.864 bits per heavy atom. The van der Waals surface area contributed by atoms with Crippen LogP contribution in [0.4, 0.5) is 0 Å². The molecule has 1 unspecified atom stereocenters. The average Bonchev–Trinajstić information content (AvgIpc) is 2.37. The first kappa shape index (κ1) is 21.2. The molecule has 0 radical (unpaired) electrons. The summed E-state index contributed by atoms with van der Waals surface area (Å²) in [5.74, 6) is 0.730. The Labute approximate surface area is 139 Å². The highest BCUT2D eigenvalue weighted by atomic mass is 16.5. The van der Waals surface area contributed by atoms with E-state index in [0.29, 0.717) is 6.10 Å². The molecule has 0 amide bonds. The van der Waals surface area contributed by atoms with Crippen molar-refractivity contribution in [1.29, 1.82) is 0 Å². The van der Waals surface area contributed by atoms with E-state index in [2.05, 4.69) is 66.7 Å². The lowest BCUT2D eigenvalue weighted by molar-refractivity contribution is 0.0693. The molecule has 0 saturated carbocycles. The smallest absolute Gasteiger partial charge is 0.0653 e. The van der Waals surface area contributed by atoms with Crippen molar-refractivity contribution in [3.63, 3.8) is 0 Å². The fourth-order valence-corrected chi connectivity index (χ4v) is 2.45. The molecule has 1 nitrogen and oxygen atoms in total. The quantitative estimate of drug-likeness (QED) is 0.379. The van der Waals surface area contributed by atoms with Crippen LogP contribution in [0.2, 0.25) is 0 Å². The van der Waals surface area contributed by atoms with Gasteiger partial charge in [-0.3, -0.25) is 0 Å². The molecule has 22 heavy (non-hydrogen) atoms. The second-order valence-electron chi connectivity index (χ2n) is 7.21. The Morgan fingerprint density at radius 2 is 1.45 bits per heavy atom. The maximum Gasteiger partial charge on any atom is 0.0653 e. The highest BCUT2D eigenvalue weighted by molar-refractivity contribution is 5.02. The van der Waals surface area contributed by atoms with Crippen molar-refractivity contribution in [2.24, 2.45) is 5.92 Å².